The molecule has 2 amide bonds. The summed E-state index contributed by atoms with van der Waals surface area (Å²) in [6.45, 7) is 5.64. The van der Waals surface area contributed by atoms with E-state index in [4.69, 9.17) is 9.47 Å². The van der Waals surface area contributed by atoms with Gasteiger partial charge in [0.1, 0.15) is 12.6 Å². The lowest BCUT2D eigenvalue weighted by atomic mass is 10.1. The van der Waals surface area contributed by atoms with Gasteiger partial charge in [-0.2, -0.15) is 0 Å². The summed E-state index contributed by atoms with van der Waals surface area (Å²) in [4.78, 5) is 28.6. The van der Waals surface area contributed by atoms with Crippen molar-refractivity contribution in [2.24, 2.45) is 0 Å². The lowest BCUT2D eigenvalue weighted by Crippen LogP contribution is -2.53. The number of nitrogens with one attached hydrogen (secondary N) is 1. The lowest BCUT2D eigenvalue weighted by Gasteiger charge is -2.33. The minimum absolute atomic E-state index is 0.0392. The van der Waals surface area contributed by atoms with E-state index in [1.54, 1.807) is 24.3 Å². The topological polar surface area (TPSA) is 105 Å². The molecule has 3 aromatic carbocycles. The minimum Gasteiger partial charge on any atom is -0.493 e. The first kappa shape index (κ1) is 31.5. The van der Waals surface area contributed by atoms with Crippen LogP contribution in [0.25, 0.3) is 0 Å². The van der Waals surface area contributed by atoms with Crippen molar-refractivity contribution < 1.29 is 27.5 Å². The van der Waals surface area contributed by atoms with Crippen molar-refractivity contribution in [3.05, 3.63) is 83.9 Å². The molecule has 0 aromatic heterocycles. The van der Waals surface area contributed by atoms with Crippen LogP contribution in [-0.4, -0.2) is 65.0 Å². The molecule has 0 aliphatic rings. The van der Waals surface area contributed by atoms with Gasteiger partial charge in [-0.25, -0.2) is 8.42 Å². The van der Waals surface area contributed by atoms with Gasteiger partial charge in [0.2, 0.25) is 11.8 Å². The van der Waals surface area contributed by atoms with E-state index in [1.165, 1.54) is 37.3 Å². The Morgan fingerprint density at radius 3 is 2.15 bits per heavy atom. The molecule has 0 bridgehead atoms. The Morgan fingerprint density at radius 2 is 1.56 bits per heavy atom. The van der Waals surface area contributed by atoms with Crippen molar-refractivity contribution in [3.8, 4) is 11.5 Å². The van der Waals surface area contributed by atoms with Crippen LogP contribution in [0.1, 0.15) is 31.4 Å². The van der Waals surface area contributed by atoms with Gasteiger partial charge in [-0.1, -0.05) is 55.0 Å². The number of sulfonamides is 1. The highest BCUT2D eigenvalue weighted by Crippen LogP contribution is 2.34. The number of aryl methyl sites for hydroxylation is 1. The van der Waals surface area contributed by atoms with E-state index in [-0.39, 0.29) is 23.0 Å². The zero-order valence-corrected chi connectivity index (χ0v) is 25.1. The summed E-state index contributed by atoms with van der Waals surface area (Å²) in [7, 11) is -1.25. The zero-order chi connectivity index (χ0) is 30.0. The number of likely N-dealkylation sites (N-methyl/N-ethyl adjacent to an activating group) is 1. The van der Waals surface area contributed by atoms with Crippen LogP contribution in [0.4, 0.5) is 5.69 Å². The highest BCUT2D eigenvalue weighted by Gasteiger charge is 2.33. The van der Waals surface area contributed by atoms with Crippen molar-refractivity contribution in [3.63, 3.8) is 0 Å². The first-order chi connectivity index (χ1) is 19.7. The van der Waals surface area contributed by atoms with E-state index in [9.17, 15) is 18.0 Å². The van der Waals surface area contributed by atoms with E-state index < -0.39 is 28.5 Å². The third kappa shape index (κ3) is 7.79. The number of hydrogen-bond donors (Lipinski definition) is 1. The monoisotopic (exact) mass is 581 g/mol. The van der Waals surface area contributed by atoms with Crippen LogP contribution < -0.4 is 19.1 Å². The summed E-state index contributed by atoms with van der Waals surface area (Å²) >= 11 is 0. The lowest BCUT2D eigenvalue weighted by molar-refractivity contribution is -0.139. The molecule has 1 atom stereocenters. The molecule has 0 saturated heterocycles. The van der Waals surface area contributed by atoms with Crippen LogP contribution in [0.5, 0.6) is 11.5 Å². The fraction of sp³-hybridized carbons (Fsp3) is 0.355. The molecule has 41 heavy (non-hydrogen) atoms. The first-order valence-electron chi connectivity index (χ1n) is 13.6. The molecule has 0 aliphatic carbocycles. The van der Waals surface area contributed by atoms with Crippen molar-refractivity contribution in [1.29, 1.82) is 0 Å². The Morgan fingerprint density at radius 1 is 0.902 bits per heavy atom. The molecule has 1 N–H and O–H groups in total. The van der Waals surface area contributed by atoms with Crippen LogP contribution in [0, 0.1) is 6.92 Å². The van der Waals surface area contributed by atoms with E-state index in [2.05, 4.69) is 5.32 Å². The molecule has 0 radical (unpaired) electrons. The molecule has 0 spiro atoms. The molecular weight excluding hydrogens is 542 g/mol. The van der Waals surface area contributed by atoms with E-state index >= 15 is 0 Å². The van der Waals surface area contributed by atoms with Gasteiger partial charge < -0.3 is 19.7 Å². The van der Waals surface area contributed by atoms with Gasteiger partial charge in [0, 0.05) is 19.2 Å². The van der Waals surface area contributed by atoms with Crippen LogP contribution in [-0.2, 0) is 26.0 Å². The van der Waals surface area contributed by atoms with Crippen LogP contribution in [0.15, 0.2) is 77.7 Å². The second-order valence-corrected chi connectivity index (χ2v) is 11.4. The smallest absolute Gasteiger partial charge is 0.264 e. The number of carbonyl (C=O) groups excluding carboxylic acids is 2. The quantitative estimate of drug-likeness (QED) is 0.306. The highest BCUT2D eigenvalue weighted by molar-refractivity contribution is 7.92. The first-order valence-corrected chi connectivity index (χ1v) is 15.0. The fourth-order valence-electron chi connectivity index (χ4n) is 4.53. The zero-order valence-electron chi connectivity index (χ0n) is 24.3. The van der Waals surface area contributed by atoms with Crippen molar-refractivity contribution >= 4 is 27.5 Å². The number of anilines is 1. The van der Waals surface area contributed by atoms with E-state index in [1.807, 2.05) is 51.1 Å². The Bertz CT molecular complexity index is 1410. The summed E-state index contributed by atoms with van der Waals surface area (Å²) in [5.41, 5.74) is 2.13. The Labute approximate surface area is 243 Å². The van der Waals surface area contributed by atoms with E-state index in [0.717, 1.165) is 15.4 Å². The summed E-state index contributed by atoms with van der Waals surface area (Å²) in [5, 5.41) is 2.81. The van der Waals surface area contributed by atoms with Crippen LogP contribution in [0.2, 0.25) is 0 Å². The molecule has 0 saturated carbocycles. The minimum atomic E-state index is -4.19. The van der Waals surface area contributed by atoms with Gasteiger partial charge in [-0.15, -0.1) is 0 Å². The predicted octanol–water partition coefficient (Wildman–Crippen LogP) is 4.19. The number of rotatable bonds is 14. The molecular formula is C31H39N3O6S. The SMILES string of the molecule is CCNC(=O)C(CC)N(CCc1ccccc1)C(=O)CN(c1ccc(OC)c(OC)c1)S(=O)(=O)c1ccc(C)cc1. The highest BCUT2D eigenvalue weighted by atomic mass is 32.2. The average molecular weight is 582 g/mol. The van der Waals surface area contributed by atoms with Gasteiger partial charge in [0.05, 0.1) is 24.8 Å². The van der Waals surface area contributed by atoms with Crippen molar-refractivity contribution in [1.82, 2.24) is 10.2 Å². The maximum absolute atomic E-state index is 14.1. The molecule has 0 fully saturated rings. The Kier molecular flexibility index (Phi) is 11.2. The molecule has 0 aliphatic heterocycles. The maximum atomic E-state index is 14.1. The molecule has 0 heterocycles. The second kappa shape index (κ2) is 14.5. The number of nitrogens with zero attached hydrogens (tertiary/aromatic N) is 2. The van der Waals surface area contributed by atoms with Crippen molar-refractivity contribution in [2.75, 3.05) is 38.2 Å². The average Bonchev–Trinajstić information content (AvgIpc) is 2.98. The molecule has 10 heteroatoms. The maximum Gasteiger partial charge on any atom is 0.264 e. The molecule has 9 nitrogen and oxygen atoms in total. The second-order valence-electron chi connectivity index (χ2n) is 9.51. The number of carbonyl (C=O) groups is 2. The largest absolute Gasteiger partial charge is 0.493 e. The van der Waals surface area contributed by atoms with Gasteiger partial charge in [-0.3, -0.25) is 13.9 Å². The van der Waals surface area contributed by atoms with Gasteiger partial charge in [-0.05, 0) is 56.5 Å². The fourth-order valence-corrected chi connectivity index (χ4v) is 5.94. The summed E-state index contributed by atoms with van der Waals surface area (Å²) in [6.07, 6.45) is 0.872. The van der Waals surface area contributed by atoms with Gasteiger partial charge >= 0.3 is 0 Å². The number of hydrogen-bond acceptors (Lipinski definition) is 6. The van der Waals surface area contributed by atoms with E-state index in [0.29, 0.717) is 30.9 Å². The predicted molar refractivity (Wildman–Crippen MR) is 160 cm³/mol. The number of methoxy groups -OCH3 is 2. The number of benzene rings is 3. The molecule has 1 unspecified atom stereocenters. The van der Waals surface area contributed by atoms with Crippen LogP contribution >= 0.6 is 0 Å². The van der Waals surface area contributed by atoms with Crippen LogP contribution in [0.3, 0.4) is 0 Å². The molecule has 220 valence electrons. The molecule has 3 rings (SSSR count). The Balaban J connectivity index is 2.06. The number of ether oxygens (including phenoxy) is 2. The third-order valence-electron chi connectivity index (χ3n) is 6.76. The molecule has 3 aromatic rings. The van der Waals surface area contributed by atoms with Crippen molar-refractivity contribution in [2.45, 2.75) is 44.6 Å². The summed E-state index contributed by atoms with van der Waals surface area (Å²) < 4.78 is 39.8. The summed E-state index contributed by atoms with van der Waals surface area (Å²) in [5.74, 6) is -0.0433. The van der Waals surface area contributed by atoms with Gasteiger partial charge in [0.15, 0.2) is 11.5 Å². The summed E-state index contributed by atoms with van der Waals surface area (Å²) in [6, 6.07) is 20.0. The Hall–Kier alpha value is -4.05. The number of amides is 2. The third-order valence-corrected chi connectivity index (χ3v) is 8.55. The standard InChI is InChI=1S/C31H39N3O6S/c1-6-27(31(36)32-7-2)33(20-19-24-11-9-8-10-12-24)30(35)22-34(25-15-18-28(39-4)29(21-25)40-5)41(37,38)26-16-13-23(3)14-17-26/h8-18,21,27H,6-7,19-20,22H2,1-5H3,(H,32,36). The van der Waals surface area contributed by atoms with Gasteiger partial charge in [0.25, 0.3) is 10.0 Å². The normalized spacial score (nSPS) is 11.8.